The Morgan fingerprint density at radius 3 is 2.24 bits per heavy atom. The van der Waals surface area contributed by atoms with Crippen LogP contribution in [-0.2, 0) is 10.0 Å². The number of para-hydroxylation sites is 2. The van der Waals surface area contributed by atoms with Crippen LogP contribution in [0.1, 0.15) is 13.8 Å². The van der Waals surface area contributed by atoms with Gasteiger partial charge in [-0.2, -0.15) is 4.31 Å². The van der Waals surface area contributed by atoms with E-state index in [1.165, 1.54) is 10.4 Å². The maximum atomic E-state index is 12.1. The van der Waals surface area contributed by atoms with Crippen molar-refractivity contribution in [3.05, 3.63) is 34.4 Å². The molecule has 1 aliphatic heterocycles. The van der Waals surface area contributed by atoms with E-state index in [0.717, 1.165) is 0 Å². The van der Waals surface area contributed by atoms with Crippen LogP contribution < -0.4 is 4.90 Å². The largest absolute Gasteiger partial charge is 0.363 e. The van der Waals surface area contributed by atoms with Crippen LogP contribution in [0.2, 0.25) is 0 Å². The van der Waals surface area contributed by atoms with Gasteiger partial charge in [0.25, 0.3) is 5.69 Å². The lowest BCUT2D eigenvalue weighted by Gasteiger charge is -2.35. The van der Waals surface area contributed by atoms with E-state index in [-0.39, 0.29) is 5.69 Å². The molecule has 8 heteroatoms. The lowest BCUT2D eigenvalue weighted by atomic mass is 10.2. The van der Waals surface area contributed by atoms with E-state index in [0.29, 0.717) is 31.9 Å². The number of anilines is 1. The fourth-order valence-electron chi connectivity index (χ4n) is 2.37. The van der Waals surface area contributed by atoms with Crippen molar-refractivity contribution in [1.82, 2.24) is 4.31 Å². The van der Waals surface area contributed by atoms with Gasteiger partial charge in [0, 0.05) is 32.2 Å². The number of sulfonamides is 1. The van der Waals surface area contributed by atoms with Gasteiger partial charge in [-0.05, 0) is 19.9 Å². The lowest BCUT2D eigenvalue weighted by molar-refractivity contribution is -0.384. The summed E-state index contributed by atoms with van der Waals surface area (Å²) in [5.41, 5.74) is 0.599. The highest BCUT2D eigenvalue weighted by Crippen LogP contribution is 2.28. The van der Waals surface area contributed by atoms with Crippen molar-refractivity contribution >= 4 is 21.4 Å². The minimum atomic E-state index is -3.26. The molecule has 1 fully saturated rings. The molecule has 0 unspecified atom stereocenters. The van der Waals surface area contributed by atoms with Crippen LogP contribution in [-0.4, -0.2) is 49.1 Å². The van der Waals surface area contributed by atoms with Gasteiger partial charge in [-0.25, -0.2) is 8.42 Å². The zero-order valence-corrected chi connectivity index (χ0v) is 12.9. The molecule has 0 radical (unpaired) electrons. The van der Waals surface area contributed by atoms with E-state index >= 15 is 0 Å². The molecule has 1 saturated heterocycles. The summed E-state index contributed by atoms with van der Waals surface area (Å²) in [6.07, 6.45) is 0. The molecule has 0 aromatic heterocycles. The van der Waals surface area contributed by atoms with Crippen molar-refractivity contribution in [3.8, 4) is 0 Å². The second-order valence-corrected chi connectivity index (χ2v) is 7.71. The van der Waals surface area contributed by atoms with E-state index in [2.05, 4.69) is 0 Å². The van der Waals surface area contributed by atoms with Crippen molar-refractivity contribution in [2.24, 2.45) is 0 Å². The minimum absolute atomic E-state index is 0.0534. The molecular formula is C13H19N3O4S. The van der Waals surface area contributed by atoms with E-state index in [4.69, 9.17) is 0 Å². The first-order valence-electron chi connectivity index (χ1n) is 6.81. The highest BCUT2D eigenvalue weighted by Gasteiger charge is 2.30. The minimum Gasteiger partial charge on any atom is -0.363 e. The topological polar surface area (TPSA) is 83.8 Å². The molecule has 2 rings (SSSR count). The molecule has 21 heavy (non-hydrogen) atoms. The quantitative estimate of drug-likeness (QED) is 0.620. The molecule has 1 aromatic rings. The van der Waals surface area contributed by atoms with Gasteiger partial charge in [0.05, 0.1) is 10.2 Å². The van der Waals surface area contributed by atoms with Gasteiger partial charge in [-0.1, -0.05) is 12.1 Å². The monoisotopic (exact) mass is 313 g/mol. The average Bonchev–Trinajstić information content (AvgIpc) is 2.47. The number of nitrogens with zero attached hydrogens (tertiary/aromatic N) is 3. The van der Waals surface area contributed by atoms with Gasteiger partial charge in [0.2, 0.25) is 10.0 Å². The van der Waals surface area contributed by atoms with Crippen LogP contribution in [0.5, 0.6) is 0 Å². The summed E-state index contributed by atoms with van der Waals surface area (Å²) in [6.45, 7) is 4.93. The molecular weight excluding hydrogens is 294 g/mol. The second-order valence-electron chi connectivity index (χ2n) is 5.23. The number of hydrogen-bond acceptors (Lipinski definition) is 5. The van der Waals surface area contributed by atoms with Crippen LogP contribution in [0.4, 0.5) is 11.4 Å². The first-order valence-corrected chi connectivity index (χ1v) is 8.31. The first-order chi connectivity index (χ1) is 9.84. The Morgan fingerprint density at radius 2 is 1.71 bits per heavy atom. The Bertz CT molecular complexity index is 622. The normalized spacial score (nSPS) is 17.2. The maximum absolute atomic E-state index is 12.1. The van der Waals surface area contributed by atoms with Crippen LogP contribution in [0, 0.1) is 10.1 Å². The third kappa shape index (κ3) is 3.16. The average molecular weight is 313 g/mol. The standard InChI is InChI=1S/C13H19N3O4S/c1-11(2)21(19,20)15-9-7-14(8-10-15)12-5-3-4-6-13(12)16(17)18/h3-6,11H,7-10H2,1-2H3. The molecule has 1 aliphatic rings. The number of benzene rings is 1. The molecule has 0 amide bonds. The number of hydrogen-bond donors (Lipinski definition) is 0. The third-order valence-electron chi connectivity index (χ3n) is 3.61. The lowest BCUT2D eigenvalue weighted by Crippen LogP contribution is -2.50. The fourth-order valence-corrected chi connectivity index (χ4v) is 3.64. The van der Waals surface area contributed by atoms with Gasteiger partial charge >= 0.3 is 0 Å². The highest BCUT2D eigenvalue weighted by atomic mass is 32.2. The Kier molecular flexibility index (Phi) is 4.48. The van der Waals surface area contributed by atoms with Crippen molar-refractivity contribution in [1.29, 1.82) is 0 Å². The summed E-state index contributed by atoms with van der Waals surface area (Å²) < 4.78 is 25.7. The molecule has 0 saturated carbocycles. The van der Waals surface area contributed by atoms with Crippen molar-refractivity contribution in [3.63, 3.8) is 0 Å². The molecule has 1 aromatic carbocycles. The molecule has 0 aliphatic carbocycles. The predicted molar refractivity (Wildman–Crippen MR) is 80.9 cm³/mol. The molecule has 0 spiro atoms. The molecule has 7 nitrogen and oxygen atoms in total. The van der Waals surface area contributed by atoms with Gasteiger partial charge in [0.15, 0.2) is 0 Å². The summed E-state index contributed by atoms with van der Waals surface area (Å²) in [5.74, 6) is 0. The summed E-state index contributed by atoms with van der Waals surface area (Å²) in [6, 6.07) is 6.54. The van der Waals surface area contributed by atoms with Gasteiger partial charge in [-0.3, -0.25) is 10.1 Å². The Morgan fingerprint density at radius 1 is 1.14 bits per heavy atom. The van der Waals surface area contributed by atoms with Crippen LogP contribution >= 0.6 is 0 Å². The summed E-state index contributed by atoms with van der Waals surface area (Å²) in [7, 11) is -3.26. The molecule has 116 valence electrons. The van der Waals surface area contributed by atoms with Crippen molar-refractivity contribution in [2.75, 3.05) is 31.1 Å². The van der Waals surface area contributed by atoms with Crippen LogP contribution in [0.15, 0.2) is 24.3 Å². The van der Waals surface area contributed by atoms with Crippen molar-refractivity contribution in [2.45, 2.75) is 19.1 Å². The molecule has 1 heterocycles. The molecule has 0 N–H and O–H groups in total. The van der Waals surface area contributed by atoms with E-state index in [1.54, 1.807) is 32.0 Å². The van der Waals surface area contributed by atoms with E-state index in [9.17, 15) is 18.5 Å². The third-order valence-corrected chi connectivity index (χ3v) is 5.89. The number of piperazine rings is 1. The summed E-state index contributed by atoms with van der Waals surface area (Å²) in [4.78, 5) is 12.5. The summed E-state index contributed by atoms with van der Waals surface area (Å²) >= 11 is 0. The molecule has 0 bridgehead atoms. The SMILES string of the molecule is CC(C)S(=O)(=O)N1CCN(c2ccccc2[N+](=O)[O-])CC1. The zero-order chi connectivity index (χ0) is 15.6. The molecule has 0 atom stereocenters. The zero-order valence-electron chi connectivity index (χ0n) is 12.1. The second kappa shape index (κ2) is 5.98. The van der Waals surface area contributed by atoms with E-state index < -0.39 is 20.2 Å². The van der Waals surface area contributed by atoms with Gasteiger partial charge in [-0.15, -0.1) is 0 Å². The van der Waals surface area contributed by atoms with Crippen LogP contribution in [0.3, 0.4) is 0 Å². The Balaban J connectivity index is 2.14. The summed E-state index contributed by atoms with van der Waals surface area (Å²) in [5, 5.41) is 10.6. The smallest absolute Gasteiger partial charge is 0.292 e. The van der Waals surface area contributed by atoms with Crippen molar-refractivity contribution < 1.29 is 13.3 Å². The van der Waals surface area contributed by atoms with E-state index in [1.807, 2.05) is 4.90 Å². The van der Waals surface area contributed by atoms with Gasteiger partial charge in [0.1, 0.15) is 5.69 Å². The highest BCUT2D eigenvalue weighted by molar-refractivity contribution is 7.89. The fraction of sp³-hybridized carbons (Fsp3) is 0.538. The predicted octanol–water partition coefficient (Wildman–Crippen LogP) is 1.45. The Hall–Kier alpha value is -1.67. The van der Waals surface area contributed by atoms with Gasteiger partial charge < -0.3 is 4.90 Å². The number of nitro benzene ring substituents is 1. The number of nitro groups is 1. The maximum Gasteiger partial charge on any atom is 0.292 e. The number of rotatable bonds is 4. The Labute approximate surface area is 124 Å². The van der Waals surface area contributed by atoms with Crippen LogP contribution in [0.25, 0.3) is 0 Å². The first kappa shape index (κ1) is 15.7.